The predicted octanol–water partition coefficient (Wildman–Crippen LogP) is 2.48. The maximum absolute atomic E-state index is 10.0. The molecule has 0 amide bonds. The van der Waals surface area contributed by atoms with Crippen LogP contribution in [0.3, 0.4) is 0 Å². The molecule has 1 aliphatic rings. The van der Waals surface area contributed by atoms with E-state index in [1.807, 2.05) is 36.0 Å². The smallest absolute Gasteiger partial charge is 0.0927 e. The largest absolute Gasteiger partial charge is 0.390 e. The predicted molar refractivity (Wildman–Crippen MR) is 70.9 cm³/mol. The van der Waals surface area contributed by atoms with Crippen LogP contribution >= 0.6 is 27.7 Å². The number of hydrogen-bond donors (Lipinski definition) is 1. The molecule has 2 unspecified atom stereocenters. The van der Waals surface area contributed by atoms with Gasteiger partial charge in [-0.15, -0.1) is 0 Å². The van der Waals surface area contributed by atoms with Gasteiger partial charge in [0.05, 0.1) is 18.8 Å². The number of hydrogen-bond acceptors (Lipinski definition) is 3. The first-order valence-corrected chi connectivity index (χ1v) is 7.32. The first kappa shape index (κ1) is 12.4. The van der Waals surface area contributed by atoms with E-state index in [1.54, 1.807) is 0 Å². The summed E-state index contributed by atoms with van der Waals surface area (Å²) in [6.07, 6.45) is 0.259. The van der Waals surface area contributed by atoms with Gasteiger partial charge in [0.2, 0.25) is 0 Å². The van der Waals surface area contributed by atoms with Gasteiger partial charge in [-0.3, -0.25) is 0 Å². The second-order valence-electron chi connectivity index (χ2n) is 3.88. The molecule has 4 heteroatoms. The fraction of sp³-hybridized carbons (Fsp3) is 0.500. The van der Waals surface area contributed by atoms with E-state index in [4.69, 9.17) is 4.74 Å². The van der Waals surface area contributed by atoms with Gasteiger partial charge in [0.25, 0.3) is 0 Å². The molecule has 2 nitrogen and oxygen atoms in total. The summed E-state index contributed by atoms with van der Waals surface area (Å²) in [5.41, 5.74) is 1.15. The molecule has 0 radical (unpaired) electrons. The van der Waals surface area contributed by atoms with Crippen molar-refractivity contribution in [2.75, 3.05) is 18.1 Å². The minimum Gasteiger partial charge on any atom is -0.390 e. The van der Waals surface area contributed by atoms with Crippen LogP contribution in [-0.4, -0.2) is 35.4 Å². The highest BCUT2D eigenvalue weighted by Gasteiger charge is 2.22. The first-order valence-electron chi connectivity index (χ1n) is 5.37. The Bertz CT molecular complexity index is 322. The van der Waals surface area contributed by atoms with Crippen molar-refractivity contribution in [3.05, 3.63) is 34.3 Å². The van der Waals surface area contributed by atoms with Crippen LogP contribution in [-0.2, 0) is 11.2 Å². The van der Waals surface area contributed by atoms with Gasteiger partial charge in [-0.05, 0) is 17.7 Å². The third kappa shape index (κ3) is 3.48. The Labute approximate surface area is 109 Å². The normalized spacial score (nSPS) is 23.0. The third-order valence-corrected chi connectivity index (χ3v) is 4.18. The SMILES string of the molecule is OC(Cc1ccc(Br)cc1)C1CSCCO1. The second-order valence-corrected chi connectivity index (χ2v) is 5.95. The fourth-order valence-corrected chi connectivity index (χ4v) is 2.92. The van der Waals surface area contributed by atoms with E-state index in [1.165, 1.54) is 0 Å². The van der Waals surface area contributed by atoms with Crippen LogP contribution in [0, 0.1) is 0 Å². The molecule has 88 valence electrons. The van der Waals surface area contributed by atoms with E-state index in [2.05, 4.69) is 15.9 Å². The summed E-state index contributed by atoms with van der Waals surface area (Å²) < 4.78 is 6.62. The van der Waals surface area contributed by atoms with Crippen molar-refractivity contribution in [3.63, 3.8) is 0 Å². The molecule has 1 heterocycles. The minimum atomic E-state index is -0.394. The quantitative estimate of drug-likeness (QED) is 0.930. The van der Waals surface area contributed by atoms with Crippen molar-refractivity contribution in [3.8, 4) is 0 Å². The van der Waals surface area contributed by atoms with Gasteiger partial charge in [0.15, 0.2) is 0 Å². The summed E-state index contributed by atoms with van der Waals surface area (Å²) in [5.74, 6) is 1.94. The molecule has 2 rings (SSSR count). The highest BCUT2D eigenvalue weighted by Crippen LogP contribution is 2.19. The fourth-order valence-electron chi connectivity index (χ4n) is 1.72. The lowest BCUT2D eigenvalue weighted by molar-refractivity contribution is -0.0207. The van der Waals surface area contributed by atoms with Gasteiger partial charge in [0, 0.05) is 22.4 Å². The Morgan fingerprint density at radius 3 is 2.81 bits per heavy atom. The standard InChI is InChI=1S/C12H15BrO2S/c13-10-3-1-9(2-4-10)7-11(14)12-8-16-6-5-15-12/h1-4,11-12,14H,5-8H2. The Hall–Kier alpha value is -0.0300. The molecule has 0 spiro atoms. The molecular formula is C12H15BrO2S. The Balaban J connectivity index is 1.90. The Morgan fingerprint density at radius 1 is 1.44 bits per heavy atom. The summed E-state index contributed by atoms with van der Waals surface area (Å²) in [6.45, 7) is 0.757. The molecule has 1 aromatic rings. The number of aliphatic hydroxyl groups excluding tert-OH is 1. The van der Waals surface area contributed by atoms with Gasteiger partial charge < -0.3 is 9.84 Å². The van der Waals surface area contributed by atoms with Crippen molar-refractivity contribution in [1.29, 1.82) is 0 Å². The molecule has 2 atom stereocenters. The lowest BCUT2D eigenvalue weighted by Gasteiger charge is -2.26. The lowest BCUT2D eigenvalue weighted by atomic mass is 10.0. The molecule has 0 saturated carbocycles. The zero-order chi connectivity index (χ0) is 11.4. The van der Waals surface area contributed by atoms with E-state index in [9.17, 15) is 5.11 Å². The van der Waals surface area contributed by atoms with Crippen molar-refractivity contribution in [1.82, 2.24) is 0 Å². The van der Waals surface area contributed by atoms with Crippen LogP contribution < -0.4 is 0 Å². The molecular weight excluding hydrogens is 288 g/mol. The number of rotatable bonds is 3. The topological polar surface area (TPSA) is 29.5 Å². The zero-order valence-electron chi connectivity index (χ0n) is 8.93. The first-order chi connectivity index (χ1) is 7.75. The van der Waals surface area contributed by atoms with E-state index in [0.29, 0.717) is 6.42 Å². The average Bonchev–Trinajstić information content (AvgIpc) is 2.33. The van der Waals surface area contributed by atoms with Gasteiger partial charge in [-0.1, -0.05) is 28.1 Å². The van der Waals surface area contributed by atoms with Crippen molar-refractivity contribution < 1.29 is 9.84 Å². The number of benzene rings is 1. The summed E-state index contributed by atoms with van der Waals surface area (Å²) in [6, 6.07) is 8.06. The minimum absolute atomic E-state index is 0.0117. The summed E-state index contributed by atoms with van der Waals surface area (Å²) in [5, 5.41) is 10.0. The lowest BCUT2D eigenvalue weighted by Crippen LogP contribution is -2.36. The maximum atomic E-state index is 10.0. The van der Waals surface area contributed by atoms with E-state index in [0.717, 1.165) is 28.1 Å². The van der Waals surface area contributed by atoms with Crippen molar-refractivity contribution in [2.45, 2.75) is 18.6 Å². The molecule has 0 aromatic heterocycles. The van der Waals surface area contributed by atoms with Gasteiger partial charge in [-0.25, -0.2) is 0 Å². The number of aliphatic hydroxyl groups is 1. The van der Waals surface area contributed by atoms with Crippen LogP contribution in [0.15, 0.2) is 28.7 Å². The van der Waals surface area contributed by atoms with Crippen molar-refractivity contribution in [2.24, 2.45) is 0 Å². The highest BCUT2D eigenvalue weighted by atomic mass is 79.9. The van der Waals surface area contributed by atoms with Crippen LogP contribution in [0.1, 0.15) is 5.56 Å². The van der Waals surface area contributed by atoms with Crippen molar-refractivity contribution >= 4 is 27.7 Å². The molecule has 1 N–H and O–H groups in total. The molecule has 1 saturated heterocycles. The highest BCUT2D eigenvalue weighted by molar-refractivity contribution is 9.10. The van der Waals surface area contributed by atoms with Crippen LogP contribution in [0.4, 0.5) is 0 Å². The molecule has 1 aliphatic heterocycles. The average molecular weight is 303 g/mol. The van der Waals surface area contributed by atoms with Gasteiger partial charge in [0.1, 0.15) is 0 Å². The molecule has 16 heavy (non-hydrogen) atoms. The van der Waals surface area contributed by atoms with Crippen LogP contribution in [0.2, 0.25) is 0 Å². The monoisotopic (exact) mass is 302 g/mol. The second kappa shape index (κ2) is 6.05. The Kier molecular flexibility index (Phi) is 4.70. The molecule has 0 aliphatic carbocycles. The van der Waals surface area contributed by atoms with E-state index >= 15 is 0 Å². The van der Waals surface area contributed by atoms with Crippen LogP contribution in [0.5, 0.6) is 0 Å². The van der Waals surface area contributed by atoms with Gasteiger partial charge >= 0.3 is 0 Å². The van der Waals surface area contributed by atoms with E-state index in [-0.39, 0.29) is 6.10 Å². The molecule has 1 fully saturated rings. The maximum Gasteiger partial charge on any atom is 0.0927 e. The summed E-state index contributed by atoms with van der Waals surface area (Å²) in [4.78, 5) is 0. The molecule has 0 bridgehead atoms. The summed E-state index contributed by atoms with van der Waals surface area (Å²) >= 11 is 5.25. The third-order valence-electron chi connectivity index (χ3n) is 2.63. The van der Waals surface area contributed by atoms with E-state index < -0.39 is 6.10 Å². The zero-order valence-corrected chi connectivity index (χ0v) is 11.3. The van der Waals surface area contributed by atoms with Gasteiger partial charge in [-0.2, -0.15) is 11.8 Å². The summed E-state index contributed by atoms with van der Waals surface area (Å²) in [7, 11) is 0. The van der Waals surface area contributed by atoms with Crippen LogP contribution in [0.25, 0.3) is 0 Å². The number of halogens is 1. The molecule has 1 aromatic carbocycles. The number of ether oxygens (including phenoxy) is 1. The Morgan fingerprint density at radius 2 is 2.19 bits per heavy atom. The number of thioether (sulfide) groups is 1.